The van der Waals surface area contributed by atoms with Crippen molar-refractivity contribution in [3.05, 3.63) is 60.2 Å². The van der Waals surface area contributed by atoms with Gasteiger partial charge >= 0.3 is 0 Å². The Labute approximate surface area is 127 Å². The number of benzene rings is 2. The van der Waals surface area contributed by atoms with E-state index in [4.69, 9.17) is 5.73 Å². The fourth-order valence-corrected chi connectivity index (χ4v) is 2.95. The molecule has 5 nitrogen and oxygen atoms in total. The van der Waals surface area contributed by atoms with Crippen LogP contribution in [0.1, 0.15) is 17.7 Å². The summed E-state index contributed by atoms with van der Waals surface area (Å²) in [6.07, 6.45) is 0. The van der Waals surface area contributed by atoms with Crippen LogP contribution in [0.3, 0.4) is 0 Å². The second kappa shape index (κ2) is 5.97. The Hall–Kier alpha value is -2.34. The molecule has 0 saturated heterocycles. The first-order valence-corrected chi connectivity index (χ1v) is 7.48. The number of nitrogens with zero attached hydrogens (tertiary/aromatic N) is 4. The van der Waals surface area contributed by atoms with E-state index in [0.29, 0.717) is 0 Å². The van der Waals surface area contributed by atoms with Crippen molar-refractivity contribution in [2.75, 3.05) is 5.73 Å². The van der Waals surface area contributed by atoms with E-state index >= 15 is 0 Å². The van der Waals surface area contributed by atoms with Crippen molar-refractivity contribution < 1.29 is 0 Å². The minimum atomic E-state index is 0.210. The number of para-hydroxylation sites is 1. The smallest absolute Gasteiger partial charge is 0.214 e. The fourth-order valence-electron chi connectivity index (χ4n) is 2.02. The Balaban J connectivity index is 1.85. The minimum absolute atomic E-state index is 0.210. The maximum Gasteiger partial charge on any atom is 0.214 e. The number of nitrogen functional groups attached to an aromatic ring is 1. The summed E-state index contributed by atoms with van der Waals surface area (Å²) in [4.78, 5) is 0. The van der Waals surface area contributed by atoms with Crippen LogP contribution in [-0.2, 0) is 0 Å². The molecule has 0 fully saturated rings. The zero-order valence-electron chi connectivity index (χ0n) is 11.5. The average molecular weight is 297 g/mol. The highest BCUT2D eigenvalue weighted by atomic mass is 32.2. The van der Waals surface area contributed by atoms with Crippen LogP contribution < -0.4 is 5.73 Å². The molecule has 6 heteroatoms. The molecule has 0 bridgehead atoms. The van der Waals surface area contributed by atoms with E-state index in [0.717, 1.165) is 22.1 Å². The van der Waals surface area contributed by atoms with Crippen LogP contribution in [0.5, 0.6) is 0 Å². The number of anilines is 1. The molecule has 106 valence electrons. The van der Waals surface area contributed by atoms with Crippen molar-refractivity contribution in [1.29, 1.82) is 0 Å². The van der Waals surface area contributed by atoms with Crippen LogP contribution in [0.2, 0.25) is 0 Å². The van der Waals surface area contributed by atoms with E-state index in [1.165, 1.54) is 0 Å². The molecule has 1 heterocycles. The van der Waals surface area contributed by atoms with Crippen LogP contribution in [-0.4, -0.2) is 20.2 Å². The lowest BCUT2D eigenvalue weighted by Crippen LogP contribution is -2.00. The van der Waals surface area contributed by atoms with Gasteiger partial charge in [-0.1, -0.05) is 42.1 Å². The lowest BCUT2D eigenvalue weighted by Gasteiger charge is -2.11. The highest BCUT2D eigenvalue weighted by molar-refractivity contribution is 7.99. The zero-order chi connectivity index (χ0) is 14.7. The van der Waals surface area contributed by atoms with Crippen LogP contribution in [0.15, 0.2) is 59.8 Å². The van der Waals surface area contributed by atoms with Gasteiger partial charge in [-0.25, -0.2) is 0 Å². The number of thioether (sulfide) groups is 1. The number of hydrogen-bond acceptors (Lipinski definition) is 5. The lowest BCUT2D eigenvalue weighted by molar-refractivity contribution is 0.755. The SMILES string of the molecule is CC(Sc1nnnn1-c1ccccc1)c1cccc(N)c1. The first kappa shape index (κ1) is 13.6. The molecule has 21 heavy (non-hydrogen) atoms. The van der Waals surface area contributed by atoms with Gasteiger partial charge in [0.15, 0.2) is 0 Å². The Bertz CT molecular complexity index is 726. The molecular weight excluding hydrogens is 282 g/mol. The van der Waals surface area contributed by atoms with E-state index < -0.39 is 0 Å². The summed E-state index contributed by atoms with van der Waals surface area (Å²) >= 11 is 1.60. The summed E-state index contributed by atoms with van der Waals surface area (Å²) < 4.78 is 1.74. The van der Waals surface area contributed by atoms with Crippen LogP contribution in [0.25, 0.3) is 5.69 Å². The van der Waals surface area contributed by atoms with Crippen molar-refractivity contribution in [1.82, 2.24) is 20.2 Å². The summed E-state index contributed by atoms with van der Waals surface area (Å²) in [7, 11) is 0. The molecule has 3 rings (SSSR count). The largest absolute Gasteiger partial charge is 0.399 e. The van der Waals surface area contributed by atoms with Gasteiger partial charge in [-0.05, 0) is 47.2 Å². The number of nitrogens with two attached hydrogens (primary N) is 1. The molecule has 0 saturated carbocycles. The lowest BCUT2D eigenvalue weighted by atomic mass is 10.1. The van der Waals surface area contributed by atoms with E-state index in [2.05, 4.69) is 28.5 Å². The van der Waals surface area contributed by atoms with Crippen molar-refractivity contribution in [3.8, 4) is 5.69 Å². The summed E-state index contributed by atoms with van der Waals surface area (Å²) in [5, 5.41) is 12.9. The molecule has 3 aromatic rings. The number of hydrogen-bond donors (Lipinski definition) is 1. The van der Waals surface area contributed by atoms with E-state index in [1.54, 1.807) is 16.4 Å². The van der Waals surface area contributed by atoms with Gasteiger partial charge in [0, 0.05) is 10.9 Å². The van der Waals surface area contributed by atoms with Crippen molar-refractivity contribution in [2.24, 2.45) is 0 Å². The van der Waals surface area contributed by atoms with E-state index in [-0.39, 0.29) is 5.25 Å². The second-order valence-electron chi connectivity index (χ2n) is 4.64. The Morgan fingerprint density at radius 1 is 1.10 bits per heavy atom. The van der Waals surface area contributed by atoms with Gasteiger partial charge in [-0.15, -0.1) is 5.10 Å². The fraction of sp³-hybridized carbons (Fsp3) is 0.133. The molecule has 0 spiro atoms. The average Bonchev–Trinajstić information content (AvgIpc) is 2.96. The summed E-state index contributed by atoms with van der Waals surface area (Å²) in [5.41, 5.74) is 8.71. The van der Waals surface area contributed by atoms with E-state index in [9.17, 15) is 0 Å². The molecule has 0 amide bonds. The predicted octanol–water partition coefficient (Wildman–Crippen LogP) is 3.10. The molecule has 2 N–H and O–H groups in total. The highest BCUT2D eigenvalue weighted by Gasteiger charge is 2.14. The third kappa shape index (κ3) is 3.05. The van der Waals surface area contributed by atoms with Crippen LogP contribution in [0, 0.1) is 0 Å². The molecule has 1 atom stereocenters. The standard InChI is InChI=1S/C15H15N5S/c1-11(12-6-5-7-13(16)10-12)21-15-17-18-19-20(15)14-8-3-2-4-9-14/h2-11H,16H2,1H3. The highest BCUT2D eigenvalue weighted by Crippen LogP contribution is 2.34. The third-order valence-corrected chi connectivity index (χ3v) is 4.20. The third-order valence-electron chi connectivity index (χ3n) is 3.10. The van der Waals surface area contributed by atoms with Crippen LogP contribution in [0.4, 0.5) is 5.69 Å². The molecule has 1 aromatic heterocycles. The van der Waals surface area contributed by atoms with Crippen molar-refractivity contribution >= 4 is 17.4 Å². The predicted molar refractivity (Wildman–Crippen MR) is 84.3 cm³/mol. The molecule has 0 radical (unpaired) electrons. The van der Waals surface area contributed by atoms with Gasteiger partial charge in [0.05, 0.1) is 5.69 Å². The van der Waals surface area contributed by atoms with Gasteiger partial charge in [-0.2, -0.15) is 4.68 Å². The quantitative estimate of drug-likeness (QED) is 0.592. The molecule has 1 unspecified atom stereocenters. The maximum absolute atomic E-state index is 5.84. The van der Waals surface area contributed by atoms with Crippen molar-refractivity contribution in [2.45, 2.75) is 17.3 Å². The molecule has 0 aliphatic heterocycles. The van der Waals surface area contributed by atoms with E-state index in [1.807, 2.05) is 48.5 Å². The Morgan fingerprint density at radius 2 is 1.90 bits per heavy atom. The maximum atomic E-state index is 5.84. The first-order valence-electron chi connectivity index (χ1n) is 6.60. The second-order valence-corrected chi connectivity index (χ2v) is 5.95. The minimum Gasteiger partial charge on any atom is -0.399 e. The summed E-state index contributed by atoms with van der Waals surface area (Å²) in [6, 6.07) is 17.7. The monoisotopic (exact) mass is 297 g/mol. The topological polar surface area (TPSA) is 69.6 Å². The molecule has 0 aliphatic rings. The van der Waals surface area contributed by atoms with Gasteiger partial charge < -0.3 is 5.73 Å². The summed E-state index contributed by atoms with van der Waals surface area (Å²) in [5.74, 6) is 0. The Morgan fingerprint density at radius 3 is 2.67 bits per heavy atom. The molecular formula is C15H15N5S. The number of tetrazole rings is 1. The molecule has 0 aliphatic carbocycles. The van der Waals surface area contributed by atoms with Crippen LogP contribution >= 0.6 is 11.8 Å². The molecule has 2 aromatic carbocycles. The van der Waals surface area contributed by atoms with Crippen molar-refractivity contribution in [3.63, 3.8) is 0 Å². The van der Waals surface area contributed by atoms with Gasteiger partial charge in [0.2, 0.25) is 5.16 Å². The normalized spacial score (nSPS) is 12.2. The zero-order valence-corrected chi connectivity index (χ0v) is 12.4. The van der Waals surface area contributed by atoms with Gasteiger partial charge in [0.25, 0.3) is 0 Å². The first-order chi connectivity index (χ1) is 10.2. The number of aromatic nitrogens is 4. The van der Waals surface area contributed by atoms with Gasteiger partial charge in [0.1, 0.15) is 0 Å². The number of rotatable bonds is 4. The van der Waals surface area contributed by atoms with Gasteiger partial charge in [-0.3, -0.25) is 0 Å². The Kier molecular flexibility index (Phi) is 3.87. The summed E-state index contributed by atoms with van der Waals surface area (Å²) in [6.45, 7) is 2.11.